The van der Waals surface area contributed by atoms with E-state index < -0.39 is 6.16 Å². The standard InChI is InChI=1S/C13H24O4/c1-3-4-5-6-7-8-15-9-13(2)10-16-12(14)17-11-13/h3-11H2,1-2H3. The Bertz CT molecular complexity index is 217. The Balaban J connectivity index is 2.00. The monoisotopic (exact) mass is 244 g/mol. The van der Waals surface area contributed by atoms with Crippen molar-refractivity contribution in [3.63, 3.8) is 0 Å². The summed E-state index contributed by atoms with van der Waals surface area (Å²) < 4.78 is 15.3. The molecule has 4 heteroatoms. The number of carbonyl (C=O) groups excluding carboxylic acids is 1. The molecule has 1 rings (SSSR count). The van der Waals surface area contributed by atoms with Gasteiger partial charge in [0.25, 0.3) is 0 Å². The molecule has 17 heavy (non-hydrogen) atoms. The zero-order valence-corrected chi connectivity index (χ0v) is 11.0. The summed E-state index contributed by atoms with van der Waals surface area (Å²) in [5.74, 6) is 0. The molecular weight excluding hydrogens is 220 g/mol. The van der Waals surface area contributed by atoms with Crippen molar-refractivity contribution < 1.29 is 19.0 Å². The van der Waals surface area contributed by atoms with Gasteiger partial charge in [-0.25, -0.2) is 4.79 Å². The van der Waals surface area contributed by atoms with E-state index in [-0.39, 0.29) is 5.41 Å². The van der Waals surface area contributed by atoms with E-state index in [0.717, 1.165) is 13.0 Å². The number of hydrogen-bond acceptors (Lipinski definition) is 4. The summed E-state index contributed by atoms with van der Waals surface area (Å²) in [5.41, 5.74) is -0.183. The SMILES string of the molecule is CCCCCCCOCC1(C)COC(=O)OC1. The average Bonchev–Trinajstić information content (AvgIpc) is 2.32. The van der Waals surface area contributed by atoms with Gasteiger partial charge >= 0.3 is 6.16 Å². The van der Waals surface area contributed by atoms with Gasteiger partial charge in [-0.1, -0.05) is 39.5 Å². The predicted molar refractivity (Wildman–Crippen MR) is 65.0 cm³/mol. The Kier molecular flexibility index (Phi) is 6.34. The number of cyclic esters (lactones) is 2. The molecule has 0 aromatic heterocycles. The first-order valence-electron chi connectivity index (χ1n) is 6.53. The molecule has 0 bridgehead atoms. The third kappa shape index (κ3) is 5.91. The summed E-state index contributed by atoms with van der Waals surface area (Å²) in [5, 5.41) is 0. The first kappa shape index (κ1) is 14.3. The molecule has 100 valence electrons. The molecule has 4 nitrogen and oxygen atoms in total. The van der Waals surface area contributed by atoms with Gasteiger partial charge in [0.1, 0.15) is 13.2 Å². The van der Waals surface area contributed by atoms with E-state index in [2.05, 4.69) is 6.92 Å². The molecule has 0 aliphatic carbocycles. The predicted octanol–water partition coefficient (Wildman–Crippen LogP) is 3.15. The first-order valence-corrected chi connectivity index (χ1v) is 6.53. The Morgan fingerprint density at radius 1 is 1.18 bits per heavy atom. The number of carbonyl (C=O) groups is 1. The molecule has 0 aromatic rings. The van der Waals surface area contributed by atoms with Crippen molar-refractivity contribution in [3.8, 4) is 0 Å². The van der Waals surface area contributed by atoms with Crippen LogP contribution in [0.15, 0.2) is 0 Å². The highest BCUT2D eigenvalue weighted by atomic mass is 16.7. The van der Waals surface area contributed by atoms with Gasteiger partial charge < -0.3 is 14.2 Å². The maximum Gasteiger partial charge on any atom is 0.508 e. The van der Waals surface area contributed by atoms with Crippen LogP contribution in [0.4, 0.5) is 4.79 Å². The number of hydrogen-bond donors (Lipinski definition) is 0. The second-order valence-corrected chi connectivity index (χ2v) is 5.10. The van der Waals surface area contributed by atoms with Crippen molar-refractivity contribution in [1.29, 1.82) is 0 Å². The third-order valence-electron chi connectivity index (χ3n) is 2.92. The van der Waals surface area contributed by atoms with Crippen LogP contribution in [-0.2, 0) is 14.2 Å². The highest BCUT2D eigenvalue weighted by Gasteiger charge is 2.33. The highest BCUT2D eigenvalue weighted by Crippen LogP contribution is 2.22. The number of unbranched alkanes of at least 4 members (excludes halogenated alkanes) is 4. The molecule has 1 fully saturated rings. The maximum atomic E-state index is 10.7. The molecule has 0 saturated carbocycles. The molecule has 0 aromatic carbocycles. The van der Waals surface area contributed by atoms with E-state index in [1.807, 2.05) is 6.92 Å². The topological polar surface area (TPSA) is 44.8 Å². The molecular formula is C13H24O4. The van der Waals surface area contributed by atoms with Crippen LogP contribution in [0.1, 0.15) is 46.0 Å². The van der Waals surface area contributed by atoms with Crippen LogP contribution in [0.2, 0.25) is 0 Å². The largest absolute Gasteiger partial charge is 0.508 e. The van der Waals surface area contributed by atoms with Crippen LogP contribution >= 0.6 is 0 Å². The van der Waals surface area contributed by atoms with Crippen molar-refractivity contribution in [2.75, 3.05) is 26.4 Å². The fourth-order valence-electron chi connectivity index (χ4n) is 1.76. The minimum atomic E-state index is -0.568. The van der Waals surface area contributed by atoms with Crippen molar-refractivity contribution in [2.24, 2.45) is 5.41 Å². The van der Waals surface area contributed by atoms with E-state index in [4.69, 9.17) is 14.2 Å². The minimum Gasteiger partial charge on any atom is -0.433 e. The highest BCUT2D eigenvalue weighted by molar-refractivity contribution is 5.60. The summed E-state index contributed by atoms with van der Waals surface area (Å²) in [6, 6.07) is 0. The number of rotatable bonds is 8. The lowest BCUT2D eigenvalue weighted by atomic mass is 9.94. The Morgan fingerprint density at radius 2 is 1.82 bits per heavy atom. The van der Waals surface area contributed by atoms with E-state index in [0.29, 0.717) is 19.8 Å². The summed E-state index contributed by atoms with van der Waals surface area (Å²) in [4.78, 5) is 10.7. The Labute approximate surface area is 104 Å². The zero-order chi connectivity index (χ0) is 12.6. The Morgan fingerprint density at radius 3 is 2.47 bits per heavy atom. The van der Waals surface area contributed by atoms with Gasteiger partial charge in [0.05, 0.1) is 12.0 Å². The smallest absolute Gasteiger partial charge is 0.433 e. The molecule has 0 N–H and O–H groups in total. The van der Waals surface area contributed by atoms with Gasteiger partial charge in [-0.2, -0.15) is 0 Å². The summed E-state index contributed by atoms with van der Waals surface area (Å²) in [6.45, 7) is 6.38. The second-order valence-electron chi connectivity index (χ2n) is 5.10. The van der Waals surface area contributed by atoms with Crippen LogP contribution in [0.3, 0.4) is 0 Å². The molecule has 1 saturated heterocycles. The first-order chi connectivity index (χ1) is 8.16. The van der Waals surface area contributed by atoms with E-state index in [1.54, 1.807) is 0 Å². The lowest BCUT2D eigenvalue weighted by molar-refractivity contribution is -0.0852. The molecule has 1 aliphatic heterocycles. The van der Waals surface area contributed by atoms with Gasteiger partial charge in [0, 0.05) is 6.61 Å². The zero-order valence-electron chi connectivity index (χ0n) is 11.0. The van der Waals surface area contributed by atoms with Gasteiger partial charge in [-0.3, -0.25) is 0 Å². The van der Waals surface area contributed by atoms with E-state index >= 15 is 0 Å². The van der Waals surface area contributed by atoms with E-state index in [1.165, 1.54) is 25.7 Å². The summed E-state index contributed by atoms with van der Waals surface area (Å²) in [6.07, 6.45) is 5.63. The minimum absolute atomic E-state index is 0.183. The molecule has 0 unspecified atom stereocenters. The van der Waals surface area contributed by atoms with Crippen LogP contribution in [0.5, 0.6) is 0 Å². The van der Waals surface area contributed by atoms with Crippen LogP contribution in [-0.4, -0.2) is 32.6 Å². The Hall–Kier alpha value is -0.770. The molecule has 1 aliphatic rings. The fraction of sp³-hybridized carbons (Fsp3) is 0.923. The van der Waals surface area contributed by atoms with Crippen molar-refractivity contribution in [3.05, 3.63) is 0 Å². The van der Waals surface area contributed by atoms with Crippen LogP contribution in [0.25, 0.3) is 0 Å². The van der Waals surface area contributed by atoms with E-state index in [9.17, 15) is 4.79 Å². The van der Waals surface area contributed by atoms with Crippen molar-refractivity contribution >= 4 is 6.16 Å². The normalized spacial score (nSPS) is 18.6. The van der Waals surface area contributed by atoms with Crippen molar-refractivity contribution in [2.45, 2.75) is 46.0 Å². The van der Waals surface area contributed by atoms with Crippen molar-refractivity contribution in [1.82, 2.24) is 0 Å². The van der Waals surface area contributed by atoms with Gasteiger partial charge in [-0.05, 0) is 6.42 Å². The molecule has 1 heterocycles. The van der Waals surface area contributed by atoms with Gasteiger partial charge in [-0.15, -0.1) is 0 Å². The third-order valence-corrected chi connectivity index (χ3v) is 2.92. The molecule has 0 atom stereocenters. The lowest BCUT2D eigenvalue weighted by Gasteiger charge is -2.31. The molecule has 0 radical (unpaired) electrons. The average molecular weight is 244 g/mol. The summed E-state index contributed by atoms with van der Waals surface area (Å²) in [7, 11) is 0. The quantitative estimate of drug-likeness (QED) is 0.486. The molecule has 0 spiro atoms. The van der Waals surface area contributed by atoms with Crippen LogP contribution < -0.4 is 0 Å². The van der Waals surface area contributed by atoms with Crippen LogP contribution in [0, 0.1) is 5.41 Å². The maximum absolute atomic E-state index is 10.7. The van der Waals surface area contributed by atoms with Gasteiger partial charge in [0.2, 0.25) is 0 Å². The second kappa shape index (κ2) is 7.54. The lowest BCUT2D eigenvalue weighted by Crippen LogP contribution is -2.40. The molecule has 0 amide bonds. The van der Waals surface area contributed by atoms with Gasteiger partial charge in [0.15, 0.2) is 0 Å². The number of ether oxygens (including phenoxy) is 3. The summed E-state index contributed by atoms with van der Waals surface area (Å²) >= 11 is 0. The fourth-order valence-corrected chi connectivity index (χ4v) is 1.76.